The number of rotatable bonds is 10. The second kappa shape index (κ2) is 11.8. The number of nitrogens with zero attached hydrogens (tertiary/aromatic N) is 2. The minimum absolute atomic E-state index is 0.0321. The number of hydrogen-bond donors (Lipinski definition) is 1. The summed E-state index contributed by atoms with van der Waals surface area (Å²) in [5.41, 5.74) is 2.04. The van der Waals surface area contributed by atoms with Gasteiger partial charge in [0.25, 0.3) is 0 Å². The Balaban J connectivity index is 1.40. The lowest BCUT2D eigenvalue weighted by Crippen LogP contribution is -2.42. The van der Waals surface area contributed by atoms with Gasteiger partial charge in [-0.2, -0.15) is 4.31 Å². The highest BCUT2D eigenvalue weighted by molar-refractivity contribution is 7.92. The molecule has 0 bridgehead atoms. The molecule has 1 amide bonds. The van der Waals surface area contributed by atoms with Crippen molar-refractivity contribution < 1.29 is 13.2 Å². The lowest BCUT2D eigenvalue weighted by Gasteiger charge is -2.29. The highest BCUT2D eigenvalue weighted by Crippen LogP contribution is 2.21. The van der Waals surface area contributed by atoms with Crippen molar-refractivity contribution in [2.45, 2.75) is 26.2 Å². The third-order valence-corrected chi connectivity index (χ3v) is 7.39. The molecule has 6 nitrogen and oxygen atoms in total. The van der Waals surface area contributed by atoms with E-state index in [0.29, 0.717) is 32.5 Å². The molecule has 7 heteroatoms. The number of amides is 1. The van der Waals surface area contributed by atoms with Crippen LogP contribution in [0.25, 0.3) is 6.08 Å². The number of hydrogen-bond acceptors (Lipinski definition) is 4. The molecule has 1 saturated heterocycles. The van der Waals surface area contributed by atoms with Crippen molar-refractivity contribution >= 4 is 27.7 Å². The fourth-order valence-electron chi connectivity index (χ4n) is 3.92. The highest BCUT2D eigenvalue weighted by atomic mass is 32.2. The summed E-state index contributed by atoms with van der Waals surface area (Å²) < 4.78 is 26.6. The minimum Gasteiger partial charge on any atom is -0.372 e. The zero-order valence-electron chi connectivity index (χ0n) is 18.7. The van der Waals surface area contributed by atoms with Crippen molar-refractivity contribution in [3.8, 4) is 0 Å². The maximum atomic E-state index is 12.6. The fraction of sp³-hybridized carbons (Fsp3) is 0.400. The number of anilines is 1. The van der Waals surface area contributed by atoms with Crippen LogP contribution in [0.4, 0.5) is 5.69 Å². The van der Waals surface area contributed by atoms with Gasteiger partial charge in [0, 0.05) is 49.7 Å². The summed E-state index contributed by atoms with van der Waals surface area (Å²) in [5.74, 6) is -0.0967. The van der Waals surface area contributed by atoms with Gasteiger partial charge < -0.3 is 10.2 Å². The molecule has 0 radical (unpaired) electrons. The Morgan fingerprint density at radius 3 is 2.31 bits per heavy atom. The number of sulfonamides is 1. The van der Waals surface area contributed by atoms with E-state index in [1.807, 2.05) is 48.5 Å². The Labute approximate surface area is 192 Å². The maximum absolute atomic E-state index is 12.6. The van der Waals surface area contributed by atoms with E-state index in [4.69, 9.17) is 0 Å². The van der Waals surface area contributed by atoms with Crippen LogP contribution in [0.2, 0.25) is 0 Å². The molecule has 1 aliphatic heterocycles. The summed E-state index contributed by atoms with van der Waals surface area (Å²) in [7, 11) is -3.47. The molecular weight excluding hydrogens is 422 g/mol. The van der Waals surface area contributed by atoms with Crippen molar-refractivity contribution in [3.05, 3.63) is 71.6 Å². The van der Waals surface area contributed by atoms with Crippen LogP contribution in [0.3, 0.4) is 0 Å². The molecule has 3 rings (SSSR count). The van der Waals surface area contributed by atoms with Crippen molar-refractivity contribution in [3.63, 3.8) is 0 Å². The van der Waals surface area contributed by atoms with E-state index in [-0.39, 0.29) is 11.8 Å². The van der Waals surface area contributed by atoms with Crippen LogP contribution in [-0.4, -0.2) is 51.4 Å². The van der Waals surface area contributed by atoms with Gasteiger partial charge in [0.2, 0.25) is 15.9 Å². The Bertz CT molecular complexity index is 970. The molecule has 1 N–H and O–H groups in total. The van der Waals surface area contributed by atoms with Gasteiger partial charge in [0.1, 0.15) is 0 Å². The number of nitrogens with one attached hydrogen (secondary N) is 1. The first-order chi connectivity index (χ1) is 15.5. The van der Waals surface area contributed by atoms with Crippen LogP contribution in [0.15, 0.2) is 66.1 Å². The van der Waals surface area contributed by atoms with Crippen LogP contribution >= 0.6 is 0 Å². The molecule has 2 aromatic rings. The molecule has 1 aliphatic rings. The molecule has 0 aromatic heterocycles. The van der Waals surface area contributed by atoms with Crippen LogP contribution in [0, 0.1) is 5.92 Å². The molecule has 1 fully saturated rings. The topological polar surface area (TPSA) is 69.7 Å². The third-order valence-electron chi connectivity index (χ3n) is 5.82. The predicted molar refractivity (Wildman–Crippen MR) is 131 cm³/mol. The lowest BCUT2D eigenvalue weighted by molar-refractivity contribution is -0.126. The standard InChI is InChI=1S/C25H33N3O3S/c1-2-27(24-12-7-4-8-13-24)18-9-17-26-25(29)23-14-19-28(20-15-23)32(30,31)21-16-22-10-5-3-6-11-22/h3-8,10-13,16,21,23H,2,9,14-15,17-20H2,1H3,(H,26,29)/b21-16+. The lowest BCUT2D eigenvalue weighted by atomic mass is 9.97. The van der Waals surface area contributed by atoms with Crippen LogP contribution < -0.4 is 10.2 Å². The summed E-state index contributed by atoms with van der Waals surface area (Å²) in [5, 5.41) is 4.29. The van der Waals surface area contributed by atoms with Crippen molar-refractivity contribution in [2.75, 3.05) is 37.6 Å². The van der Waals surface area contributed by atoms with Gasteiger partial charge in [0.15, 0.2) is 0 Å². The monoisotopic (exact) mass is 455 g/mol. The Hall–Kier alpha value is -2.64. The van der Waals surface area contributed by atoms with Gasteiger partial charge in [-0.3, -0.25) is 4.79 Å². The van der Waals surface area contributed by atoms with Crippen molar-refractivity contribution in [2.24, 2.45) is 5.92 Å². The average Bonchev–Trinajstić information content (AvgIpc) is 2.84. The van der Waals surface area contributed by atoms with E-state index in [1.54, 1.807) is 6.08 Å². The average molecular weight is 456 g/mol. The van der Waals surface area contributed by atoms with E-state index in [9.17, 15) is 13.2 Å². The molecular formula is C25H33N3O3S. The van der Waals surface area contributed by atoms with Gasteiger partial charge in [-0.15, -0.1) is 0 Å². The number of benzene rings is 2. The fourth-order valence-corrected chi connectivity index (χ4v) is 5.14. The zero-order valence-corrected chi connectivity index (χ0v) is 19.5. The zero-order chi connectivity index (χ0) is 22.8. The molecule has 0 saturated carbocycles. The van der Waals surface area contributed by atoms with Crippen LogP contribution in [0.1, 0.15) is 31.7 Å². The molecule has 1 heterocycles. The van der Waals surface area contributed by atoms with Gasteiger partial charge in [-0.25, -0.2) is 8.42 Å². The number of para-hydroxylation sites is 1. The number of carbonyl (C=O) groups excluding carboxylic acids is 1. The SMILES string of the molecule is CCN(CCCNC(=O)C1CCN(S(=O)(=O)/C=C/c2ccccc2)CC1)c1ccccc1. The quantitative estimate of drug-likeness (QED) is 0.554. The molecule has 0 atom stereocenters. The molecule has 0 spiro atoms. The Morgan fingerprint density at radius 2 is 1.69 bits per heavy atom. The normalized spacial score (nSPS) is 15.7. The number of piperidine rings is 1. The van der Waals surface area contributed by atoms with E-state index in [0.717, 1.165) is 25.1 Å². The predicted octanol–water partition coefficient (Wildman–Crippen LogP) is 3.73. The van der Waals surface area contributed by atoms with E-state index in [2.05, 4.69) is 29.3 Å². The summed E-state index contributed by atoms with van der Waals surface area (Å²) in [6.07, 6.45) is 3.58. The van der Waals surface area contributed by atoms with Crippen molar-refractivity contribution in [1.82, 2.24) is 9.62 Å². The smallest absolute Gasteiger partial charge is 0.236 e. The molecule has 32 heavy (non-hydrogen) atoms. The summed E-state index contributed by atoms with van der Waals surface area (Å²) in [6, 6.07) is 19.6. The maximum Gasteiger partial charge on any atom is 0.236 e. The van der Waals surface area contributed by atoms with E-state index in [1.165, 1.54) is 15.4 Å². The van der Waals surface area contributed by atoms with Crippen molar-refractivity contribution in [1.29, 1.82) is 0 Å². The molecule has 2 aromatic carbocycles. The van der Waals surface area contributed by atoms with Crippen LogP contribution in [0.5, 0.6) is 0 Å². The second-order valence-electron chi connectivity index (χ2n) is 7.99. The first kappa shape index (κ1) is 24.0. The molecule has 0 aliphatic carbocycles. The largest absolute Gasteiger partial charge is 0.372 e. The van der Waals surface area contributed by atoms with Gasteiger partial charge in [-0.1, -0.05) is 48.5 Å². The van der Waals surface area contributed by atoms with E-state index >= 15 is 0 Å². The molecule has 172 valence electrons. The van der Waals surface area contributed by atoms with Gasteiger partial charge in [0.05, 0.1) is 0 Å². The summed E-state index contributed by atoms with van der Waals surface area (Å²) >= 11 is 0. The molecule has 0 unspecified atom stereocenters. The summed E-state index contributed by atoms with van der Waals surface area (Å²) in [6.45, 7) is 5.30. The summed E-state index contributed by atoms with van der Waals surface area (Å²) in [4.78, 5) is 14.8. The first-order valence-electron chi connectivity index (χ1n) is 11.3. The third kappa shape index (κ3) is 6.93. The van der Waals surface area contributed by atoms with Crippen LogP contribution in [-0.2, 0) is 14.8 Å². The number of carbonyl (C=O) groups is 1. The van der Waals surface area contributed by atoms with E-state index < -0.39 is 10.0 Å². The van der Waals surface area contributed by atoms with Gasteiger partial charge >= 0.3 is 0 Å². The second-order valence-corrected chi connectivity index (χ2v) is 9.81. The minimum atomic E-state index is -3.47. The highest BCUT2D eigenvalue weighted by Gasteiger charge is 2.29. The Kier molecular flexibility index (Phi) is 8.88. The Morgan fingerprint density at radius 1 is 1.06 bits per heavy atom. The first-order valence-corrected chi connectivity index (χ1v) is 12.8. The van der Waals surface area contributed by atoms with Gasteiger partial charge in [-0.05, 0) is 50.0 Å².